The fraction of sp³-hybridized carbons (Fsp3) is 0. The number of rotatable bonds is 2. The van der Waals surface area contributed by atoms with Crippen LogP contribution in [0.2, 0.25) is 10.0 Å². The zero-order chi connectivity index (χ0) is 15.0. The molecule has 0 atom stereocenters. The van der Waals surface area contributed by atoms with E-state index >= 15 is 0 Å². The normalized spacial score (nSPS) is 10.9. The maximum absolute atomic E-state index is 9.38. The number of halogens is 2. The van der Waals surface area contributed by atoms with Gasteiger partial charge in [0, 0.05) is 26.5 Å². The highest BCUT2D eigenvalue weighted by Gasteiger charge is 2.19. The molecule has 0 spiro atoms. The monoisotopic (exact) mass is 316 g/mol. The summed E-state index contributed by atoms with van der Waals surface area (Å²) >= 11 is 12.6. The minimum absolute atomic E-state index is 0.285. The summed E-state index contributed by atoms with van der Waals surface area (Å²) in [5.74, 6) is 0. The third-order valence-electron chi connectivity index (χ3n) is 3.47. The van der Waals surface area contributed by atoms with Crippen molar-refractivity contribution in [1.29, 1.82) is 0 Å². The topological polar surface area (TPSA) is 40.5 Å². The molecule has 0 amide bonds. The molecule has 104 valence electrons. The van der Waals surface area contributed by atoms with Crippen LogP contribution < -0.4 is 5.46 Å². The molecule has 5 heteroatoms. The molecule has 0 aliphatic heterocycles. The molecule has 0 radical (unpaired) electrons. The van der Waals surface area contributed by atoms with Crippen molar-refractivity contribution in [3.05, 3.63) is 64.6 Å². The molecular weight excluding hydrogens is 306 g/mol. The molecule has 0 unspecified atom stereocenters. The summed E-state index contributed by atoms with van der Waals surface area (Å²) in [4.78, 5) is 0. The fourth-order valence-corrected chi connectivity index (χ4v) is 3.01. The predicted octanol–water partition coefficient (Wildman–Crippen LogP) is 3.49. The van der Waals surface area contributed by atoms with Crippen LogP contribution in [0.5, 0.6) is 0 Å². The largest absolute Gasteiger partial charge is 0.489 e. The lowest BCUT2D eigenvalue weighted by atomic mass is 9.78. The molecule has 2 nitrogen and oxygen atoms in total. The molecule has 2 N–H and O–H groups in total. The molecule has 21 heavy (non-hydrogen) atoms. The molecule has 0 aliphatic rings. The van der Waals surface area contributed by atoms with Crippen molar-refractivity contribution in [1.82, 2.24) is 0 Å². The van der Waals surface area contributed by atoms with Gasteiger partial charge in [0.1, 0.15) is 0 Å². The van der Waals surface area contributed by atoms with Crippen LogP contribution in [0.25, 0.3) is 21.9 Å². The maximum atomic E-state index is 9.38. The van der Waals surface area contributed by atoms with E-state index in [1.807, 2.05) is 42.5 Å². The van der Waals surface area contributed by atoms with Crippen molar-refractivity contribution >= 4 is 46.6 Å². The van der Waals surface area contributed by atoms with Gasteiger partial charge in [-0.1, -0.05) is 71.7 Å². The predicted molar refractivity (Wildman–Crippen MR) is 89.2 cm³/mol. The van der Waals surface area contributed by atoms with Gasteiger partial charge in [-0.15, -0.1) is 0 Å². The second-order valence-corrected chi connectivity index (χ2v) is 5.51. The Kier molecular flexibility index (Phi) is 3.92. The Morgan fingerprint density at radius 1 is 0.714 bits per heavy atom. The maximum Gasteiger partial charge on any atom is 0.489 e. The van der Waals surface area contributed by atoms with Gasteiger partial charge in [-0.3, -0.25) is 0 Å². The van der Waals surface area contributed by atoms with Gasteiger partial charge in [-0.05, 0) is 17.0 Å². The van der Waals surface area contributed by atoms with Crippen LogP contribution in [-0.4, -0.2) is 17.2 Å². The molecule has 0 fully saturated rings. The first kappa shape index (κ1) is 14.4. The van der Waals surface area contributed by atoms with Gasteiger partial charge in [-0.2, -0.15) is 0 Å². The summed E-state index contributed by atoms with van der Waals surface area (Å²) in [6.45, 7) is 0. The van der Waals surface area contributed by atoms with Crippen LogP contribution in [0.1, 0.15) is 0 Å². The number of benzene rings is 3. The summed E-state index contributed by atoms with van der Waals surface area (Å²) in [6.07, 6.45) is 0. The molecule has 3 aromatic rings. The quantitative estimate of drug-likeness (QED) is 0.710. The second kappa shape index (κ2) is 5.70. The van der Waals surface area contributed by atoms with Gasteiger partial charge >= 0.3 is 7.12 Å². The van der Waals surface area contributed by atoms with Gasteiger partial charge in [0.15, 0.2) is 0 Å². The van der Waals surface area contributed by atoms with Crippen molar-refractivity contribution in [2.24, 2.45) is 0 Å². The first-order valence-electron chi connectivity index (χ1n) is 6.42. The van der Waals surface area contributed by atoms with E-state index in [1.165, 1.54) is 0 Å². The van der Waals surface area contributed by atoms with E-state index in [0.29, 0.717) is 10.0 Å². The lowest BCUT2D eigenvalue weighted by Gasteiger charge is -2.12. The zero-order valence-corrected chi connectivity index (χ0v) is 12.4. The van der Waals surface area contributed by atoms with Crippen LogP contribution in [0, 0.1) is 0 Å². The number of fused-ring (bicyclic) bond motifs is 1. The van der Waals surface area contributed by atoms with Crippen LogP contribution in [0.4, 0.5) is 0 Å². The summed E-state index contributed by atoms with van der Waals surface area (Å²) in [5.41, 5.74) is 1.94. The third-order valence-corrected chi connectivity index (χ3v) is 4.22. The number of hydrogen-bond acceptors (Lipinski definition) is 2. The van der Waals surface area contributed by atoms with Crippen molar-refractivity contribution in [3.63, 3.8) is 0 Å². The summed E-state index contributed by atoms with van der Waals surface area (Å²) in [6, 6.07) is 16.7. The lowest BCUT2D eigenvalue weighted by molar-refractivity contribution is 0.426. The Balaban J connectivity index is 2.32. The average Bonchev–Trinajstić information content (AvgIpc) is 2.48. The Bertz CT molecular complexity index is 818. The van der Waals surface area contributed by atoms with Gasteiger partial charge in [0.05, 0.1) is 0 Å². The van der Waals surface area contributed by atoms with E-state index in [4.69, 9.17) is 23.2 Å². The van der Waals surface area contributed by atoms with E-state index < -0.39 is 7.12 Å². The van der Waals surface area contributed by atoms with Crippen molar-refractivity contribution < 1.29 is 10.0 Å². The van der Waals surface area contributed by atoms with Crippen LogP contribution in [-0.2, 0) is 0 Å². The Hall–Kier alpha value is -1.52. The second-order valence-electron chi connectivity index (χ2n) is 4.72. The summed E-state index contributed by atoms with van der Waals surface area (Å²) < 4.78 is 0. The Morgan fingerprint density at radius 2 is 1.43 bits per heavy atom. The summed E-state index contributed by atoms with van der Waals surface area (Å²) in [7, 11) is -1.60. The Morgan fingerprint density at radius 3 is 2.14 bits per heavy atom. The highest BCUT2D eigenvalue weighted by Crippen LogP contribution is 2.35. The minimum atomic E-state index is -1.60. The standard InChI is InChI=1S/C16H11BCl2O2/c18-15-9-8-11(10-4-1-2-5-12(10)15)13-6-3-7-14(16(13)19)17(20)21/h1-9,20-21H. The van der Waals surface area contributed by atoms with E-state index in [2.05, 4.69) is 0 Å². The van der Waals surface area contributed by atoms with Gasteiger partial charge in [-0.25, -0.2) is 0 Å². The average molecular weight is 317 g/mol. The number of hydrogen-bond donors (Lipinski definition) is 2. The lowest BCUT2D eigenvalue weighted by Crippen LogP contribution is -2.30. The highest BCUT2D eigenvalue weighted by molar-refractivity contribution is 6.63. The molecule has 0 saturated carbocycles. The van der Waals surface area contributed by atoms with Crippen molar-refractivity contribution in [2.75, 3.05) is 0 Å². The van der Waals surface area contributed by atoms with Gasteiger partial charge in [0.25, 0.3) is 0 Å². The van der Waals surface area contributed by atoms with E-state index in [-0.39, 0.29) is 5.46 Å². The highest BCUT2D eigenvalue weighted by atomic mass is 35.5. The molecule has 3 rings (SSSR count). The smallest absolute Gasteiger partial charge is 0.423 e. The molecule has 3 aromatic carbocycles. The SMILES string of the molecule is OB(O)c1cccc(-c2ccc(Cl)c3ccccc23)c1Cl. The van der Waals surface area contributed by atoms with Crippen molar-refractivity contribution in [3.8, 4) is 11.1 Å². The molecule has 0 aliphatic carbocycles. The van der Waals surface area contributed by atoms with Crippen molar-refractivity contribution in [2.45, 2.75) is 0 Å². The van der Waals surface area contributed by atoms with Crippen LogP contribution >= 0.6 is 23.2 Å². The molecule has 0 aromatic heterocycles. The van der Waals surface area contributed by atoms with Gasteiger partial charge < -0.3 is 10.0 Å². The van der Waals surface area contributed by atoms with E-state index in [0.717, 1.165) is 21.9 Å². The molecule has 0 bridgehead atoms. The fourth-order valence-electron chi connectivity index (χ4n) is 2.45. The third kappa shape index (κ3) is 2.54. The molecular formula is C16H11BCl2O2. The molecule has 0 heterocycles. The Labute approximate surface area is 132 Å². The van der Waals surface area contributed by atoms with Crippen LogP contribution in [0.15, 0.2) is 54.6 Å². The first-order valence-corrected chi connectivity index (χ1v) is 7.17. The minimum Gasteiger partial charge on any atom is -0.423 e. The van der Waals surface area contributed by atoms with E-state index in [1.54, 1.807) is 12.1 Å². The molecule has 0 saturated heterocycles. The summed E-state index contributed by atoms with van der Waals surface area (Å²) in [5, 5.41) is 21.7. The first-order chi connectivity index (χ1) is 10.1. The van der Waals surface area contributed by atoms with Gasteiger partial charge in [0.2, 0.25) is 0 Å². The van der Waals surface area contributed by atoms with Crippen LogP contribution in [0.3, 0.4) is 0 Å². The van der Waals surface area contributed by atoms with E-state index in [9.17, 15) is 10.0 Å². The zero-order valence-electron chi connectivity index (χ0n) is 10.9.